The topological polar surface area (TPSA) is 65.2 Å². The Labute approximate surface area is 95.2 Å². The standard InChI is InChI=1S/C11H18N2O3/c1-3-5-9(14)8-11-12-10(13-16-11)6-4-7-15-2/h3-8H2,1-2H3. The highest BCUT2D eigenvalue weighted by atomic mass is 16.5. The average molecular weight is 226 g/mol. The molecule has 0 saturated heterocycles. The summed E-state index contributed by atoms with van der Waals surface area (Å²) in [5, 5.41) is 3.81. The van der Waals surface area contributed by atoms with Gasteiger partial charge in [0, 0.05) is 26.6 Å². The summed E-state index contributed by atoms with van der Waals surface area (Å²) in [4.78, 5) is 15.5. The van der Waals surface area contributed by atoms with Crippen LogP contribution in [-0.4, -0.2) is 29.6 Å². The van der Waals surface area contributed by atoms with Gasteiger partial charge in [-0.25, -0.2) is 0 Å². The number of aromatic nitrogens is 2. The zero-order valence-electron chi connectivity index (χ0n) is 9.86. The van der Waals surface area contributed by atoms with Crippen molar-refractivity contribution < 1.29 is 14.1 Å². The van der Waals surface area contributed by atoms with E-state index in [2.05, 4.69) is 10.1 Å². The number of aryl methyl sites for hydroxylation is 1. The van der Waals surface area contributed by atoms with E-state index >= 15 is 0 Å². The lowest BCUT2D eigenvalue weighted by atomic mass is 10.2. The van der Waals surface area contributed by atoms with Gasteiger partial charge in [0.1, 0.15) is 5.78 Å². The van der Waals surface area contributed by atoms with E-state index in [0.29, 0.717) is 24.7 Å². The van der Waals surface area contributed by atoms with Gasteiger partial charge in [-0.1, -0.05) is 12.1 Å². The van der Waals surface area contributed by atoms with Crippen LogP contribution in [0.1, 0.15) is 37.9 Å². The lowest BCUT2D eigenvalue weighted by Gasteiger charge is -1.93. The van der Waals surface area contributed by atoms with Gasteiger partial charge in [0.2, 0.25) is 5.89 Å². The number of carbonyl (C=O) groups is 1. The molecule has 1 rings (SSSR count). The molecule has 0 aliphatic heterocycles. The van der Waals surface area contributed by atoms with E-state index in [1.165, 1.54) is 0 Å². The van der Waals surface area contributed by atoms with Crippen LogP contribution in [0, 0.1) is 0 Å². The van der Waals surface area contributed by atoms with E-state index in [9.17, 15) is 4.79 Å². The molecule has 0 saturated carbocycles. The molecule has 0 aliphatic rings. The fourth-order valence-electron chi connectivity index (χ4n) is 1.37. The van der Waals surface area contributed by atoms with Gasteiger partial charge < -0.3 is 9.26 Å². The summed E-state index contributed by atoms with van der Waals surface area (Å²) in [7, 11) is 1.66. The minimum absolute atomic E-state index is 0.148. The molecule has 0 spiro atoms. The Balaban J connectivity index is 2.36. The van der Waals surface area contributed by atoms with Crippen molar-refractivity contribution in [2.75, 3.05) is 13.7 Å². The predicted molar refractivity (Wildman–Crippen MR) is 58.1 cm³/mol. The second-order valence-corrected chi connectivity index (χ2v) is 3.67. The van der Waals surface area contributed by atoms with Gasteiger partial charge >= 0.3 is 0 Å². The summed E-state index contributed by atoms with van der Waals surface area (Å²) in [5.74, 6) is 1.22. The fourth-order valence-corrected chi connectivity index (χ4v) is 1.37. The average Bonchev–Trinajstić information content (AvgIpc) is 2.66. The van der Waals surface area contributed by atoms with Crippen LogP contribution in [0.3, 0.4) is 0 Å². The van der Waals surface area contributed by atoms with Gasteiger partial charge in [-0.3, -0.25) is 4.79 Å². The molecule has 0 N–H and O–H groups in total. The van der Waals surface area contributed by atoms with E-state index in [-0.39, 0.29) is 12.2 Å². The highest BCUT2D eigenvalue weighted by Gasteiger charge is 2.10. The summed E-state index contributed by atoms with van der Waals surface area (Å²) < 4.78 is 9.92. The van der Waals surface area contributed by atoms with Gasteiger partial charge in [-0.2, -0.15) is 4.98 Å². The van der Waals surface area contributed by atoms with E-state index < -0.39 is 0 Å². The SMILES string of the molecule is CCCC(=O)Cc1nc(CCCOC)no1. The Kier molecular flexibility index (Phi) is 5.71. The third-order valence-corrected chi connectivity index (χ3v) is 2.14. The van der Waals surface area contributed by atoms with Gasteiger partial charge in [0.25, 0.3) is 0 Å². The first kappa shape index (κ1) is 12.8. The second-order valence-electron chi connectivity index (χ2n) is 3.67. The minimum atomic E-state index is 0.148. The molecule has 1 aromatic heterocycles. The Morgan fingerprint density at radius 2 is 2.31 bits per heavy atom. The molecule has 1 heterocycles. The van der Waals surface area contributed by atoms with Crippen molar-refractivity contribution in [3.8, 4) is 0 Å². The number of hydrogen-bond donors (Lipinski definition) is 0. The monoisotopic (exact) mass is 226 g/mol. The third-order valence-electron chi connectivity index (χ3n) is 2.14. The lowest BCUT2D eigenvalue weighted by molar-refractivity contribution is -0.118. The van der Waals surface area contributed by atoms with E-state index in [0.717, 1.165) is 19.3 Å². The lowest BCUT2D eigenvalue weighted by Crippen LogP contribution is -2.02. The summed E-state index contributed by atoms with van der Waals surface area (Å²) in [6.45, 7) is 2.65. The smallest absolute Gasteiger partial charge is 0.234 e. The first-order chi connectivity index (χ1) is 7.76. The van der Waals surface area contributed by atoms with E-state index in [1.807, 2.05) is 6.92 Å². The molecule has 0 aromatic carbocycles. The molecule has 0 bridgehead atoms. The van der Waals surface area contributed by atoms with Crippen LogP contribution < -0.4 is 0 Å². The molecule has 0 amide bonds. The summed E-state index contributed by atoms with van der Waals surface area (Å²) in [6, 6.07) is 0. The normalized spacial score (nSPS) is 10.6. The van der Waals surface area contributed by atoms with Crippen molar-refractivity contribution in [3.05, 3.63) is 11.7 Å². The molecule has 0 unspecified atom stereocenters. The fraction of sp³-hybridized carbons (Fsp3) is 0.727. The Hall–Kier alpha value is -1.23. The molecule has 0 aliphatic carbocycles. The number of hydrogen-bond acceptors (Lipinski definition) is 5. The number of rotatable bonds is 8. The Bertz CT molecular complexity index is 323. The van der Waals surface area contributed by atoms with Crippen LogP contribution in [-0.2, 0) is 22.4 Å². The minimum Gasteiger partial charge on any atom is -0.385 e. The largest absolute Gasteiger partial charge is 0.385 e. The zero-order chi connectivity index (χ0) is 11.8. The molecular formula is C11H18N2O3. The first-order valence-corrected chi connectivity index (χ1v) is 5.58. The molecule has 90 valence electrons. The van der Waals surface area contributed by atoms with Crippen molar-refractivity contribution >= 4 is 5.78 Å². The number of ether oxygens (including phenoxy) is 1. The highest BCUT2D eigenvalue weighted by Crippen LogP contribution is 2.03. The van der Waals surface area contributed by atoms with E-state index in [4.69, 9.17) is 9.26 Å². The van der Waals surface area contributed by atoms with E-state index in [1.54, 1.807) is 7.11 Å². The van der Waals surface area contributed by atoms with Crippen molar-refractivity contribution in [2.45, 2.75) is 39.0 Å². The molecule has 5 heteroatoms. The molecular weight excluding hydrogens is 208 g/mol. The van der Waals surface area contributed by atoms with Crippen LogP contribution in [0.5, 0.6) is 0 Å². The number of ketones is 1. The van der Waals surface area contributed by atoms with Crippen LogP contribution in [0.2, 0.25) is 0 Å². The third kappa shape index (κ3) is 4.53. The van der Waals surface area contributed by atoms with Gasteiger partial charge in [0.05, 0.1) is 6.42 Å². The molecule has 16 heavy (non-hydrogen) atoms. The molecule has 0 radical (unpaired) electrons. The van der Waals surface area contributed by atoms with Crippen LogP contribution in [0.4, 0.5) is 0 Å². The molecule has 5 nitrogen and oxygen atoms in total. The number of nitrogens with zero attached hydrogens (tertiary/aromatic N) is 2. The quantitative estimate of drug-likeness (QED) is 0.629. The maximum Gasteiger partial charge on any atom is 0.234 e. The Morgan fingerprint density at radius 3 is 3.00 bits per heavy atom. The first-order valence-electron chi connectivity index (χ1n) is 5.58. The molecule has 0 fully saturated rings. The molecule has 0 atom stereocenters. The second kappa shape index (κ2) is 7.11. The summed E-state index contributed by atoms with van der Waals surface area (Å²) in [6.07, 6.45) is 3.26. The summed E-state index contributed by atoms with van der Waals surface area (Å²) >= 11 is 0. The number of carbonyl (C=O) groups excluding carboxylic acids is 1. The zero-order valence-corrected chi connectivity index (χ0v) is 9.86. The van der Waals surface area contributed by atoms with Gasteiger partial charge in [-0.15, -0.1) is 0 Å². The summed E-state index contributed by atoms with van der Waals surface area (Å²) in [5.41, 5.74) is 0. The van der Waals surface area contributed by atoms with Crippen LogP contribution in [0.25, 0.3) is 0 Å². The van der Waals surface area contributed by atoms with Crippen molar-refractivity contribution in [1.82, 2.24) is 10.1 Å². The van der Waals surface area contributed by atoms with Crippen molar-refractivity contribution in [3.63, 3.8) is 0 Å². The van der Waals surface area contributed by atoms with Crippen molar-refractivity contribution in [1.29, 1.82) is 0 Å². The predicted octanol–water partition coefficient (Wildman–Crippen LogP) is 1.56. The maximum absolute atomic E-state index is 11.3. The van der Waals surface area contributed by atoms with Crippen LogP contribution in [0.15, 0.2) is 4.52 Å². The van der Waals surface area contributed by atoms with Gasteiger partial charge in [-0.05, 0) is 12.8 Å². The van der Waals surface area contributed by atoms with Gasteiger partial charge in [0.15, 0.2) is 5.82 Å². The Morgan fingerprint density at radius 1 is 1.50 bits per heavy atom. The highest BCUT2D eigenvalue weighted by molar-refractivity contribution is 5.79. The van der Waals surface area contributed by atoms with Crippen molar-refractivity contribution in [2.24, 2.45) is 0 Å². The number of methoxy groups -OCH3 is 1. The maximum atomic E-state index is 11.3. The molecule has 1 aromatic rings. The number of Topliss-reactive ketones (excluding diaryl/α,β-unsaturated/α-hetero) is 1. The van der Waals surface area contributed by atoms with Crippen LogP contribution >= 0.6 is 0 Å².